The second-order valence-corrected chi connectivity index (χ2v) is 19.5. The van der Waals surface area contributed by atoms with E-state index in [4.69, 9.17) is 28.7 Å². The van der Waals surface area contributed by atoms with E-state index in [2.05, 4.69) is 59.7 Å². The van der Waals surface area contributed by atoms with Crippen LogP contribution in [-0.2, 0) is 50.2 Å². The molecule has 8 rings (SSSR count). The third kappa shape index (κ3) is 15.2. The molecule has 24 heteroatoms. The van der Waals surface area contributed by atoms with E-state index in [1.54, 1.807) is 61.0 Å². The SMILES string of the molecule is C=CCn1c(=O)c2cnc(Nc3ccc(N4CCN(CCCC(=O)NCCOCCOCCOCCOCCOCCNc5cccc6c5C(=O)N(C5CCC(=O)NC5=O)C6=O)CC4)cc3)nc2n1-c1cccc(C(C)(C)O)n1. The van der Waals surface area contributed by atoms with Crippen molar-refractivity contribution in [1.82, 2.24) is 44.7 Å². The monoisotopic (exact) mass is 1090 g/mol. The van der Waals surface area contributed by atoms with Gasteiger partial charge in [0.2, 0.25) is 23.7 Å². The number of carbonyl (C=O) groups is 5. The Morgan fingerprint density at radius 1 is 0.810 bits per heavy atom. The van der Waals surface area contributed by atoms with Gasteiger partial charge in [-0.15, -0.1) is 6.58 Å². The maximum absolute atomic E-state index is 13.4. The first kappa shape index (κ1) is 57.7. The summed E-state index contributed by atoms with van der Waals surface area (Å²) in [5, 5.41) is 22.5. The maximum Gasteiger partial charge on any atom is 0.278 e. The second kappa shape index (κ2) is 27.9. The molecule has 0 aliphatic carbocycles. The molecule has 79 heavy (non-hydrogen) atoms. The lowest BCUT2D eigenvalue weighted by Crippen LogP contribution is -2.54. The van der Waals surface area contributed by atoms with Crippen LogP contribution in [0.4, 0.5) is 23.0 Å². The van der Waals surface area contributed by atoms with Crippen LogP contribution in [0.15, 0.2) is 84.3 Å². The Morgan fingerprint density at radius 3 is 2.13 bits per heavy atom. The van der Waals surface area contributed by atoms with E-state index in [0.29, 0.717) is 120 Å². The largest absolute Gasteiger partial charge is 0.384 e. The summed E-state index contributed by atoms with van der Waals surface area (Å²) < 4.78 is 31.0. The zero-order valence-corrected chi connectivity index (χ0v) is 44.8. The summed E-state index contributed by atoms with van der Waals surface area (Å²) in [6.45, 7) is 16.3. The number of piperidine rings is 1. The van der Waals surface area contributed by atoms with Crippen molar-refractivity contribution in [2.45, 2.75) is 57.7 Å². The summed E-state index contributed by atoms with van der Waals surface area (Å²) in [7, 11) is 0. The number of allylic oxidation sites excluding steroid dienone is 1. The molecule has 5 amide bonds. The van der Waals surface area contributed by atoms with Crippen LogP contribution in [0.2, 0.25) is 0 Å². The number of imide groups is 2. The molecule has 1 unspecified atom stereocenters. The molecule has 0 saturated carbocycles. The van der Waals surface area contributed by atoms with Crippen molar-refractivity contribution in [3.63, 3.8) is 0 Å². The van der Waals surface area contributed by atoms with E-state index in [1.807, 2.05) is 12.1 Å². The lowest BCUT2D eigenvalue weighted by Gasteiger charge is -2.36. The molecule has 0 radical (unpaired) electrons. The average molecular weight is 1090 g/mol. The summed E-state index contributed by atoms with van der Waals surface area (Å²) in [5.74, 6) is -1.46. The Kier molecular flexibility index (Phi) is 20.4. The fourth-order valence-electron chi connectivity index (χ4n) is 9.32. The number of pyridine rings is 1. The highest BCUT2D eigenvalue weighted by atomic mass is 16.6. The standard InChI is InChI=1S/C55H70N12O12/c1-4-21-65-51(71)41-37-58-54(62-49(41)67(65)45-11-6-10-44(60-45)55(2,3)74)59-38-13-15-39(16-14-38)64-25-23-63(24-26-64)22-7-12-46(68)57-20-28-76-30-32-78-34-36-79-35-33-77-31-29-75-27-19-56-42-9-5-8-40-48(42)53(73)66(52(40)72)43-17-18-47(69)61-50(43)70/h4-6,8-11,13-16,37,43,56,74H,1,7,12,17-36H2,2-3H3,(H,57,68)(H,58,59,62)(H,61,69,70). The van der Waals surface area contributed by atoms with Gasteiger partial charge >= 0.3 is 0 Å². The number of hydrogen-bond acceptors (Lipinski definition) is 19. The van der Waals surface area contributed by atoms with Gasteiger partial charge in [0.1, 0.15) is 17.0 Å². The van der Waals surface area contributed by atoms with Gasteiger partial charge in [0.05, 0.1) is 89.4 Å². The maximum atomic E-state index is 13.4. The quantitative estimate of drug-likeness (QED) is 0.0242. The Labute approximate surface area is 457 Å². The van der Waals surface area contributed by atoms with Gasteiger partial charge in [0.25, 0.3) is 17.4 Å². The van der Waals surface area contributed by atoms with Gasteiger partial charge in [0.15, 0.2) is 11.5 Å². The summed E-state index contributed by atoms with van der Waals surface area (Å²) in [6.07, 6.45) is 4.49. The molecule has 6 heterocycles. The van der Waals surface area contributed by atoms with Gasteiger partial charge in [0, 0.05) is 75.4 Å². The summed E-state index contributed by atoms with van der Waals surface area (Å²) >= 11 is 0. The molecule has 2 fully saturated rings. The first-order valence-corrected chi connectivity index (χ1v) is 26.7. The highest BCUT2D eigenvalue weighted by Gasteiger charge is 2.45. The molecule has 422 valence electrons. The van der Waals surface area contributed by atoms with Crippen LogP contribution in [0.25, 0.3) is 16.9 Å². The number of anilines is 4. The number of nitrogens with one attached hydrogen (secondary N) is 4. The molecule has 5 N–H and O–H groups in total. The summed E-state index contributed by atoms with van der Waals surface area (Å²) in [5.41, 5.74) is 2.12. The highest BCUT2D eigenvalue weighted by Crippen LogP contribution is 2.32. The zero-order valence-electron chi connectivity index (χ0n) is 44.8. The average Bonchev–Trinajstić information content (AvgIpc) is 4.14. The molecule has 2 aromatic carbocycles. The Hall–Kier alpha value is -7.45. The molecule has 24 nitrogen and oxygen atoms in total. The van der Waals surface area contributed by atoms with Crippen LogP contribution in [0.3, 0.4) is 0 Å². The highest BCUT2D eigenvalue weighted by molar-refractivity contribution is 6.25. The number of hydrogen-bond donors (Lipinski definition) is 5. The van der Waals surface area contributed by atoms with Crippen molar-refractivity contribution in [2.75, 3.05) is 127 Å². The fraction of sp³-hybridized carbons (Fsp3) is 0.473. The first-order chi connectivity index (χ1) is 38.3. The first-order valence-electron chi connectivity index (χ1n) is 26.7. The molecular formula is C55H70N12O12. The van der Waals surface area contributed by atoms with Gasteiger partial charge in [-0.25, -0.2) is 19.3 Å². The van der Waals surface area contributed by atoms with E-state index in [0.717, 1.165) is 55.4 Å². The molecule has 2 saturated heterocycles. The fourth-order valence-corrected chi connectivity index (χ4v) is 9.32. The predicted molar refractivity (Wildman–Crippen MR) is 293 cm³/mol. The number of nitrogens with zero attached hydrogens (tertiary/aromatic N) is 8. The number of aromatic nitrogens is 5. The lowest BCUT2D eigenvalue weighted by molar-refractivity contribution is -0.136. The van der Waals surface area contributed by atoms with Crippen LogP contribution in [0.1, 0.15) is 65.9 Å². The van der Waals surface area contributed by atoms with Crippen LogP contribution >= 0.6 is 0 Å². The molecular weight excluding hydrogens is 1020 g/mol. The Bertz CT molecular complexity index is 2990. The molecule has 3 aliphatic heterocycles. The Morgan fingerprint density at radius 2 is 1.47 bits per heavy atom. The van der Waals surface area contributed by atoms with E-state index in [1.165, 1.54) is 10.9 Å². The van der Waals surface area contributed by atoms with Gasteiger partial charge < -0.3 is 49.6 Å². The van der Waals surface area contributed by atoms with Crippen molar-refractivity contribution in [3.8, 4) is 5.82 Å². The number of benzene rings is 2. The van der Waals surface area contributed by atoms with E-state index >= 15 is 0 Å². The molecule has 3 aliphatic rings. The van der Waals surface area contributed by atoms with Crippen LogP contribution in [0, 0.1) is 0 Å². The number of ether oxygens (including phenoxy) is 5. The van der Waals surface area contributed by atoms with Crippen molar-refractivity contribution in [1.29, 1.82) is 0 Å². The van der Waals surface area contributed by atoms with Crippen LogP contribution in [0.5, 0.6) is 0 Å². The molecule has 0 bridgehead atoms. The third-order valence-corrected chi connectivity index (χ3v) is 13.4. The number of fused-ring (bicyclic) bond motifs is 2. The van der Waals surface area contributed by atoms with Gasteiger partial charge in [-0.3, -0.25) is 43.9 Å². The van der Waals surface area contributed by atoms with Crippen LogP contribution < -0.4 is 31.7 Å². The topological polar surface area (TPSA) is 275 Å². The molecule has 1 atom stereocenters. The number of carbonyl (C=O) groups excluding carboxylic acids is 5. The molecule has 3 aromatic heterocycles. The Balaban J connectivity index is 0.606. The smallest absolute Gasteiger partial charge is 0.278 e. The van der Waals surface area contributed by atoms with E-state index in [-0.39, 0.29) is 42.0 Å². The van der Waals surface area contributed by atoms with Gasteiger partial charge in [-0.05, 0) is 81.8 Å². The minimum absolute atomic E-state index is 0.00315. The second-order valence-electron chi connectivity index (χ2n) is 19.5. The normalized spacial score (nSPS) is 15.9. The van der Waals surface area contributed by atoms with Crippen molar-refractivity contribution >= 4 is 63.6 Å². The van der Waals surface area contributed by atoms with Crippen molar-refractivity contribution in [2.24, 2.45) is 0 Å². The van der Waals surface area contributed by atoms with Gasteiger partial charge in [-0.2, -0.15) is 4.98 Å². The van der Waals surface area contributed by atoms with Crippen molar-refractivity contribution < 1.29 is 52.8 Å². The molecule has 5 aromatic rings. The zero-order chi connectivity index (χ0) is 55.7. The predicted octanol–water partition coefficient (Wildman–Crippen LogP) is 2.75. The number of rotatable bonds is 31. The van der Waals surface area contributed by atoms with Crippen molar-refractivity contribution in [3.05, 3.63) is 107 Å². The van der Waals surface area contributed by atoms with E-state index in [9.17, 15) is 33.9 Å². The molecule has 0 spiro atoms. The lowest BCUT2D eigenvalue weighted by atomic mass is 10.0. The number of aliphatic hydroxyl groups is 1. The minimum Gasteiger partial charge on any atom is -0.384 e. The number of piperazine rings is 1. The van der Waals surface area contributed by atoms with E-state index < -0.39 is 35.3 Å². The van der Waals surface area contributed by atoms with Crippen LogP contribution in [-0.4, -0.2) is 187 Å². The van der Waals surface area contributed by atoms with Gasteiger partial charge in [-0.1, -0.05) is 18.2 Å². The third-order valence-electron chi connectivity index (χ3n) is 13.4. The minimum atomic E-state index is -1.18. The summed E-state index contributed by atoms with van der Waals surface area (Å²) in [4.78, 5) is 95.5. The summed E-state index contributed by atoms with van der Waals surface area (Å²) in [6, 6.07) is 17.2. The number of amides is 5.